The molecule has 0 bridgehead atoms. The number of aromatic nitrogens is 1. The van der Waals surface area contributed by atoms with Gasteiger partial charge in [0.15, 0.2) is 5.75 Å². The summed E-state index contributed by atoms with van der Waals surface area (Å²) in [6, 6.07) is 0. The summed E-state index contributed by atoms with van der Waals surface area (Å²) in [5.41, 5.74) is 0. The van der Waals surface area contributed by atoms with Gasteiger partial charge in [0.25, 0.3) is 10.1 Å². The second kappa shape index (κ2) is 4.07. The van der Waals surface area contributed by atoms with Gasteiger partial charge < -0.3 is 4.42 Å². The molecular formula is C8H15NO4SSi. The molecule has 0 unspecified atom stereocenters. The van der Waals surface area contributed by atoms with Gasteiger partial charge in [-0.1, -0.05) is 19.6 Å². The van der Waals surface area contributed by atoms with Crippen molar-refractivity contribution in [3.05, 3.63) is 12.1 Å². The van der Waals surface area contributed by atoms with E-state index < -0.39 is 18.2 Å². The van der Waals surface area contributed by atoms with Crippen molar-refractivity contribution in [3.8, 4) is 0 Å². The zero-order valence-corrected chi connectivity index (χ0v) is 11.1. The molecule has 0 radical (unpaired) electrons. The van der Waals surface area contributed by atoms with E-state index in [0.717, 1.165) is 12.5 Å². The van der Waals surface area contributed by atoms with Gasteiger partial charge in [-0.15, -0.1) is 0 Å². The molecule has 0 fully saturated rings. The molecule has 0 atom stereocenters. The highest BCUT2D eigenvalue weighted by Crippen LogP contribution is 2.07. The number of oxazole rings is 1. The van der Waals surface area contributed by atoms with Crippen LogP contribution in [-0.4, -0.2) is 28.6 Å². The predicted octanol–water partition coefficient (Wildman–Crippen LogP) is 0.696. The van der Waals surface area contributed by atoms with E-state index in [-0.39, 0.29) is 11.6 Å². The van der Waals surface area contributed by atoms with Crippen LogP contribution in [0.3, 0.4) is 0 Å². The van der Waals surface area contributed by atoms with Crippen LogP contribution in [-0.2, 0) is 20.1 Å². The van der Waals surface area contributed by atoms with Crippen LogP contribution in [0.15, 0.2) is 10.6 Å². The van der Waals surface area contributed by atoms with E-state index in [1.54, 1.807) is 6.20 Å². The lowest BCUT2D eigenvalue weighted by atomic mass is 10.8. The molecule has 1 rings (SSSR count). The minimum absolute atomic E-state index is 0.189. The van der Waals surface area contributed by atoms with Gasteiger partial charge in [-0.3, -0.25) is 4.18 Å². The summed E-state index contributed by atoms with van der Waals surface area (Å²) in [6.07, 6.45) is 1.60. The first-order valence-electron chi connectivity index (χ1n) is 4.48. The zero-order chi connectivity index (χ0) is 11.7. The number of nitrogens with zero attached hydrogens (tertiary/aromatic N) is 1. The number of rotatable bonds is 4. The molecule has 86 valence electrons. The lowest BCUT2D eigenvalue weighted by Gasteiger charge is -2.09. The Labute approximate surface area is 90.6 Å². The van der Waals surface area contributed by atoms with E-state index in [0.29, 0.717) is 0 Å². The van der Waals surface area contributed by atoms with Crippen LogP contribution < -0.4 is 5.38 Å². The summed E-state index contributed by atoms with van der Waals surface area (Å²) in [5, 5.41) is 0.795. The summed E-state index contributed by atoms with van der Waals surface area (Å²) < 4.78 is 31.9. The highest BCUT2D eigenvalue weighted by Gasteiger charge is 2.23. The Morgan fingerprint density at radius 1 is 1.47 bits per heavy atom. The quantitative estimate of drug-likeness (QED) is 0.580. The zero-order valence-electron chi connectivity index (χ0n) is 9.27. The third-order valence-corrected chi connectivity index (χ3v) is 4.66. The lowest BCUT2D eigenvalue weighted by molar-refractivity contribution is 0.391. The van der Waals surface area contributed by atoms with E-state index in [2.05, 4.69) is 28.8 Å². The molecule has 15 heavy (non-hydrogen) atoms. The van der Waals surface area contributed by atoms with Crippen molar-refractivity contribution in [2.75, 3.05) is 7.11 Å². The van der Waals surface area contributed by atoms with Crippen molar-refractivity contribution in [1.82, 2.24) is 4.98 Å². The van der Waals surface area contributed by atoms with Crippen molar-refractivity contribution in [1.29, 1.82) is 0 Å². The smallest absolute Gasteiger partial charge is 0.276 e. The van der Waals surface area contributed by atoms with E-state index in [1.165, 1.54) is 0 Å². The van der Waals surface area contributed by atoms with Crippen LogP contribution in [0.25, 0.3) is 0 Å². The molecule has 0 N–H and O–H groups in total. The maximum Gasteiger partial charge on any atom is 0.276 e. The van der Waals surface area contributed by atoms with Gasteiger partial charge >= 0.3 is 0 Å². The van der Waals surface area contributed by atoms with E-state index in [9.17, 15) is 8.42 Å². The molecule has 0 amide bonds. The average Bonchev–Trinajstić information content (AvgIpc) is 2.51. The molecule has 5 nitrogen and oxygen atoms in total. The summed E-state index contributed by atoms with van der Waals surface area (Å²) in [7, 11) is -3.99. The molecule has 7 heteroatoms. The lowest BCUT2D eigenvalue weighted by Crippen LogP contribution is -2.36. The third-order valence-electron chi connectivity index (χ3n) is 1.85. The Bertz CT molecular complexity index is 432. The van der Waals surface area contributed by atoms with Crippen molar-refractivity contribution in [3.63, 3.8) is 0 Å². The average molecular weight is 249 g/mol. The maximum atomic E-state index is 11.1. The fourth-order valence-corrected chi connectivity index (χ4v) is 2.36. The van der Waals surface area contributed by atoms with Crippen molar-refractivity contribution < 1.29 is 17.0 Å². The predicted molar refractivity (Wildman–Crippen MR) is 59.1 cm³/mol. The summed E-state index contributed by atoms with van der Waals surface area (Å²) in [6.45, 7) is 6.30. The third kappa shape index (κ3) is 3.44. The van der Waals surface area contributed by atoms with Crippen LogP contribution in [0, 0.1) is 0 Å². The second-order valence-corrected chi connectivity index (χ2v) is 11.0. The van der Waals surface area contributed by atoms with Gasteiger partial charge in [-0.05, 0) is 0 Å². The van der Waals surface area contributed by atoms with Gasteiger partial charge in [0.1, 0.15) is 13.5 Å². The van der Waals surface area contributed by atoms with Crippen LogP contribution in [0.4, 0.5) is 0 Å². The first kappa shape index (κ1) is 12.4. The minimum atomic E-state index is -3.55. The SMILES string of the molecule is COS(=O)(=O)Cc1ncc([Si](C)(C)C)o1. The Morgan fingerprint density at radius 2 is 2.07 bits per heavy atom. The Morgan fingerprint density at radius 3 is 2.47 bits per heavy atom. The summed E-state index contributed by atoms with van der Waals surface area (Å²) >= 11 is 0. The summed E-state index contributed by atoms with van der Waals surface area (Å²) in [4.78, 5) is 3.92. The highest BCUT2D eigenvalue weighted by atomic mass is 32.2. The van der Waals surface area contributed by atoms with Gasteiger partial charge in [0, 0.05) is 0 Å². The Hall–Kier alpha value is -0.663. The van der Waals surface area contributed by atoms with Crippen LogP contribution in [0.2, 0.25) is 19.6 Å². The number of hydrogen-bond donors (Lipinski definition) is 0. The molecule has 0 aliphatic rings. The van der Waals surface area contributed by atoms with Gasteiger partial charge in [-0.2, -0.15) is 8.42 Å². The Balaban J connectivity index is 2.87. The van der Waals surface area contributed by atoms with E-state index in [4.69, 9.17) is 4.42 Å². The standard InChI is InChI=1S/C8H15NO4SSi/c1-12-14(10,11)6-7-9-5-8(13-7)15(2,3)4/h5H,6H2,1-4H3. The fourth-order valence-electron chi connectivity index (χ4n) is 0.934. The fraction of sp³-hybridized carbons (Fsp3) is 0.625. The first-order chi connectivity index (χ1) is 6.74. The van der Waals surface area contributed by atoms with Crippen LogP contribution in [0.1, 0.15) is 5.89 Å². The van der Waals surface area contributed by atoms with Gasteiger partial charge in [0.2, 0.25) is 5.89 Å². The van der Waals surface area contributed by atoms with Crippen LogP contribution >= 0.6 is 0 Å². The molecule has 0 aromatic carbocycles. The van der Waals surface area contributed by atoms with Gasteiger partial charge in [0.05, 0.1) is 13.3 Å². The molecule has 1 aromatic heterocycles. The molecule has 0 aliphatic carbocycles. The molecule has 0 aliphatic heterocycles. The molecule has 0 spiro atoms. The van der Waals surface area contributed by atoms with E-state index in [1.807, 2.05) is 0 Å². The minimum Gasteiger partial charge on any atom is -0.450 e. The van der Waals surface area contributed by atoms with E-state index >= 15 is 0 Å². The largest absolute Gasteiger partial charge is 0.450 e. The first-order valence-corrected chi connectivity index (χ1v) is 9.56. The Kier molecular flexibility index (Phi) is 3.36. The second-order valence-electron chi connectivity index (χ2n) is 4.24. The highest BCUT2D eigenvalue weighted by molar-refractivity contribution is 7.85. The monoisotopic (exact) mass is 249 g/mol. The molecule has 0 saturated heterocycles. The molecular weight excluding hydrogens is 234 g/mol. The van der Waals surface area contributed by atoms with Crippen LogP contribution in [0.5, 0.6) is 0 Å². The summed E-state index contributed by atoms with van der Waals surface area (Å²) in [5.74, 6) is -0.122. The van der Waals surface area contributed by atoms with Crippen molar-refractivity contribution in [2.24, 2.45) is 0 Å². The van der Waals surface area contributed by atoms with Gasteiger partial charge in [-0.25, -0.2) is 4.98 Å². The number of hydrogen-bond acceptors (Lipinski definition) is 5. The molecule has 1 aromatic rings. The van der Waals surface area contributed by atoms with Crippen molar-refractivity contribution in [2.45, 2.75) is 25.4 Å². The topological polar surface area (TPSA) is 69.4 Å². The molecule has 1 heterocycles. The molecule has 0 saturated carbocycles. The van der Waals surface area contributed by atoms with Crippen molar-refractivity contribution >= 4 is 23.6 Å². The maximum absolute atomic E-state index is 11.1. The normalized spacial score (nSPS) is 13.1.